The van der Waals surface area contributed by atoms with Gasteiger partial charge in [-0.3, -0.25) is 0 Å². The highest BCUT2D eigenvalue weighted by Gasteiger charge is 2.21. The van der Waals surface area contributed by atoms with Crippen LogP contribution in [-0.2, 0) is 11.3 Å². The van der Waals surface area contributed by atoms with Gasteiger partial charge in [-0.05, 0) is 69.3 Å². The second-order valence-electron chi connectivity index (χ2n) is 7.95. The minimum Gasteiger partial charge on any atom is -0.444 e. The van der Waals surface area contributed by atoms with Crippen molar-refractivity contribution in [2.45, 2.75) is 49.9 Å². The lowest BCUT2D eigenvalue weighted by molar-refractivity contribution is 0.0283. The molecule has 2 aromatic heterocycles. The van der Waals surface area contributed by atoms with E-state index in [-0.39, 0.29) is 0 Å². The van der Waals surface area contributed by atoms with Gasteiger partial charge in [0.25, 0.3) is 0 Å². The summed E-state index contributed by atoms with van der Waals surface area (Å²) < 4.78 is 7.22. The smallest absolute Gasteiger partial charge is 0.410 e. The normalized spacial score (nSPS) is 11.4. The number of carbonyl (C=O) groups is 1. The van der Waals surface area contributed by atoms with E-state index in [0.717, 1.165) is 27.0 Å². The maximum Gasteiger partial charge on any atom is 0.410 e. The minimum absolute atomic E-state index is 0.307. The molecule has 0 aliphatic heterocycles. The SMILES string of the molecule is Cc1ccc(Sc2cc(CN(C)C(=O)OC(C)(C)C)nn2-c2ccccc2Cl)nc1. The van der Waals surface area contributed by atoms with E-state index in [1.54, 1.807) is 11.7 Å². The van der Waals surface area contributed by atoms with Crippen LogP contribution >= 0.6 is 23.4 Å². The molecule has 0 aliphatic rings. The van der Waals surface area contributed by atoms with Gasteiger partial charge in [-0.1, -0.05) is 29.8 Å². The lowest BCUT2D eigenvalue weighted by Crippen LogP contribution is -2.33. The molecule has 0 unspecified atom stereocenters. The molecule has 1 amide bonds. The minimum atomic E-state index is -0.555. The van der Waals surface area contributed by atoms with Gasteiger partial charge in [-0.2, -0.15) is 5.10 Å². The molecule has 0 fully saturated rings. The van der Waals surface area contributed by atoms with Gasteiger partial charge in [0, 0.05) is 13.2 Å². The number of para-hydroxylation sites is 1. The summed E-state index contributed by atoms with van der Waals surface area (Å²) in [4.78, 5) is 18.3. The van der Waals surface area contributed by atoms with Gasteiger partial charge < -0.3 is 9.64 Å². The van der Waals surface area contributed by atoms with Crippen LogP contribution in [0.5, 0.6) is 0 Å². The molecule has 2 heterocycles. The van der Waals surface area contributed by atoms with Crippen LogP contribution in [-0.4, -0.2) is 38.4 Å². The summed E-state index contributed by atoms with van der Waals surface area (Å²) in [5, 5.41) is 7.00. The van der Waals surface area contributed by atoms with Crippen LogP contribution in [0, 0.1) is 6.92 Å². The molecule has 158 valence electrons. The number of nitrogens with zero attached hydrogens (tertiary/aromatic N) is 4. The number of aryl methyl sites for hydroxylation is 1. The quantitative estimate of drug-likeness (QED) is 0.501. The standard InChI is InChI=1S/C22H25ClN4O2S/c1-15-10-11-19(24-13-15)30-20-12-16(14-26(5)21(28)29-22(2,3)4)25-27(20)18-9-7-6-8-17(18)23/h6-13H,14H2,1-5H3. The fourth-order valence-corrected chi connectivity index (χ4v) is 3.72. The number of pyridine rings is 1. The van der Waals surface area contributed by atoms with Crippen molar-refractivity contribution in [1.82, 2.24) is 19.7 Å². The summed E-state index contributed by atoms with van der Waals surface area (Å²) in [5.74, 6) is 0. The number of hydrogen-bond acceptors (Lipinski definition) is 5. The van der Waals surface area contributed by atoms with Crippen LogP contribution in [0.2, 0.25) is 5.02 Å². The highest BCUT2D eigenvalue weighted by Crippen LogP contribution is 2.31. The average Bonchev–Trinajstić information content (AvgIpc) is 3.04. The topological polar surface area (TPSA) is 60.3 Å². The first-order chi connectivity index (χ1) is 14.1. The predicted molar refractivity (Wildman–Crippen MR) is 119 cm³/mol. The Bertz CT molecular complexity index is 1030. The molecule has 0 N–H and O–H groups in total. The summed E-state index contributed by atoms with van der Waals surface area (Å²) in [5.41, 5.74) is 2.02. The predicted octanol–water partition coefficient (Wildman–Crippen LogP) is 5.75. The number of aromatic nitrogens is 3. The van der Waals surface area contributed by atoms with E-state index in [4.69, 9.17) is 21.4 Å². The second kappa shape index (κ2) is 9.10. The van der Waals surface area contributed by atoms with Gasteiger partial charge in [0.2, 0.25) is 0 Å². The molecule has 0 atom stereocenters. The summed E-state index contributed by atoms with van der Waals surface area (Å²) in [6, 6.07) is 13.4. The van der Waals surface area contributed by atoms with Crippen molar-refractivity contribution in [3.8, 4) is 5.69 Å². The van der Waals surface area contributed by atoms with Crippen LogP contribution in [0.1, 0.15) is 32.0 Å². The van der Waals surface area contributed by atoms with E-state index in [9.17, 15) is 4.79 Å². The van der Waals surface area contributed by atoms with E-state index >= 15 is 0 Å². The maximum absolute atomic E-state index is 12.3. The Morgan fingerprint density at radius 3 is 2.60 bits per heavy atom. The summed E-state index contributed by atoms with van der Waals surface area (Å²) in [6.07, 6.45) is 1.43. The first-order valence-corrected chi connectivity index (χ1v) is 10.7. The van der Waals surface area contributed by atoms with Crippen molar-refractivity contribution in [1.29, 1.82) is 0 Å². The van der Waals surface area contributed by atoms with Crippen LogP contribution < -0.4 is 0 Å². The number of ether oxygens (including phenoxy) is 1. The number of rotatable bonds is 5. The Hall–Kier alpha value is -2.51. The molecule has 1 aromatic carbocycles. The third kappa shape index (κ3) is 5.77. The third-order valence-electron chi connectivity index (χ3n) is 4.01. The van der Waals surface area contributed by atoms with E-state index < -0.39 is 11.7 Å². The molecule has 0 aliphatic carbocycles. The molecule has 0 saturated heterocycles. The van der Waals surface area contributed by atoms with Gasteiger partial charge in [0.15, 0.2) is 0 Å². The van der Waals surface area contributed by atoms with Gasteiger partial charge in [-0.25, -0.2) is 14.5 Å². The molecule has 3 aromatic rings. The molecule has 6 nitrogen and oxygen atoms in total. The fourth-order valence-electron chi connectivity index (χ4n) is 2.63. The fraction of sp³-hybridized carbons (Fsp3) is 0.318. The first kappa shape index (κ1) is 22.2. The first-order valence-electron chi connectivity index (χ1n) is 9.51. The second-order valence-corrected chi connectivity index (χ2v) is 9.40. The van der Waals surface area contributed by atoms with E-state index in [1.165, 1.54) is 16.7 Å². The lowest BCUT2D eigenvalue weighted by atomic mass is 10.2. The zero-order valence-electron chi connectivity index (χ0n) is 17.7. The Labute approximate surface area is 186 Å². The van der Waals surface area contributed by atoms with Crippen LogP contribution in [0.3, 0.4) is 0 Å². The van der Waals surface area contributed by atoms with Gasteiger partial charge in [0.1, 0.15) is 15.7 Å². The third-order valence-corrected chi connectivity index (χ3v) is 5.28. The van der Waals surface area contributed by atoms with Crippen molar-refractivity contribution in [2.75, 3.05) is 7.05 Å². The number of benzene rings is 1. The molecule has 8 heteroatoms. The molecule has 3 rings (SSSR count). The Kier molecular flexibility index (Phi) is 6.73. The van der Waals surface area contributed by atoms with Crippen molar-refractivity contribution in [2.24, 2.45) is 0 Å². The average molecular weight is 445 g/mol. The zero-order valence-corrected chi connectivity index (χ0v) is 19.3. The Morgan fingerprint density at radius 2 is 1.97 bits per heavy atom. The van der Waals surface area contributed by atoms with Crippen LogP contribution in [0.25, 0.3) is 5.69 Å². The molecular formula is C22H25ClN4O2S. The van der Waals surface area contributed by atoms with E-state index in [1.807, 2.05) is 76.4 Å². The maximum atomic E-state index is 12.3. The van der Waals surface area contributed by atoms with E-state index in [2.05, 4.69) is 4.98 Å². The van der Waals surface area contributed by atoms with Crippen LogP contribution in [0.4, 0.5) is 4.79 Å². The highest BCUT2D eigenvalue weighted by molar-refractivity contribution is 7.99. The molecule has 0 radical (unpaired) electrons. The summed E-state index contributed by atoms with van der Waals surface area (Å²) in [7, 11) is 1.69. The van der Waals surface area contributed by atoms with Crippen LogP contribution in [0.15, 0.2) is 58.7 Å². The van der Waals surface area contributed by atoms with Crippen molar-refractivity contribution >= 4 is 29.5 Å². The molecular weight excluding hydrogens is 420 g/mol. The lowest BCUT2D eigenvalue weighted by Gasteiger charge is -2.24. The zero-order chi connectivity index (χ0) is 21.9. The van der Waals surface area contributed by atoms with Crippen molar-refractivity contribution in [3.63, 3.8) is 0 Å². The molecule has 0 saturated carbocycles. The Morgan fingerprint density at radius 1 is 1.23 bits per heavy atom. The van der Waals surface area contributed by atoms with E-state index in [0.29, 0.717) is 11.6 Å². The van der Waals surface area contributed by atoms with Gasteiger partial charge in [0.05, 0.1) is 22.9 Å². The number of amides is 1. The number of hydrogen-bond donors (Lipinski definition) is 0. The summed E-state index contributed by atoms with van der Waals surface area (Å²) in [6.45, 7) is 7.83. The number of halogens is 1. The van der Waals surface area contributed by atoms with Crippen molar-refractivity contribution < 1.29 is 9.53 Å². The number of carbonyl (C=O) groups excluding carboxylic acids is 1. The van der Waals surface area contributed by atoms with Gasteiger partial charge in [-0.15, -0.1) is 0 Å². The van der Waals surface area contributed by atoms with Gasteiger partial charge >= 0.3 is 6.09 Å². The molecule has 30 heavy (non-hydrogen) atoms. The monoisotopic (exact) mass is 444 g/mol. The largest absolute Gasteiger partial charge is 0.444 e. The highest BCUT2D eigenvalue weighted by atomic mass is 35.5. The molecule has 0 spiro atoms. The molecule has 0 bridgehead atoms. The summed E-state index contributed by atoms with van der Waals surface area (Å²) >= 11 is 7.91. The van der Waals surface area contributed by atoms with Crippen molar-refractivity contribution in [3.05, 3.63) is 64.9 Å². The Balaban J connectivity index is 1.91.